The number of amides is 1. The van der Waals surface area contributed by atoms with Gasteiger partial charge < -0.3 is 4.74 Å². The number of nitrogens with one attached hydrogen (secondary N) is 1. The molecule has 0 unspecified atom stereocenters. The average Bonchev–Trinajstić information content (AvgIpc) is 2.55. The van der Waals surface area contributed by atoms with E-state index < -0.39 is 0 Å². The highest BCUT2D eigenvalue weighted by Crippen LogP contribution is 2.28. The van der Waals surface area contributed by atoms with Crippen molar-refractivity contribution in [3.63, 3.8) is 0 Å². The van der Waals surface area contributed by atoms with E-state index in [0.717, 1.165) is 11.1 Å². The van der Waals surface area contributed by atoms with Crippen molar-refractivity contribution in [2.45, 2.75) is 6.61 Å². The van der Waals surface area contributed by atoms with Crippen LogP contribution in [0.5, 0.6) is 5.75 Å². The maximum absolute atomic E-state index is 12.1. The molecule has 1 N–H and O–H groups in total. The molecule has 0 aliphatic carbocycles. The summed E-state index contributed by atoms with van der Waals surface area (Å²) in [5, 5.41) is 0.598. The Morgan fingerprint density at radius 2 is 2.05 bits per heavy atom. The molecule has 3 rings (SSSR count). The van der Waals surface area contributed by atoms with Crippen molar-refractivity contribution in [1.82, 2.24) is 5.48 Å². The Labute approximate surface area is 133 Å². The number of halogens is 1. The molecule has 2 aromatic rings. The smallest absolute Gasteiger partial charge is 0.274 e. The van der Waals surface area contributed by atoms with Crippen LogP contribution in [-0.4, -0.2) is 12.5 Å². The predicted octanol–water partition coefficient (Wildman–Crippen LogP) is 3.36. The Balaban J connectivity index is 1.61. The summed E-state index contributed by atoms with van der Waals surface area (Å²) in [5.74, 6) is 0.396. The van der Waals surface area contributed by atoms with Gasteiger partial charge in [-0.2, -0.15) is 0 Å². The third-order valence-corrected chi connectivity index (χ3v) is 3.46. The topological polar surface area (TPSA) is 47.6 Å². The Bertz CT molecular complexity index is 713. The maximum Gasteiger partial charge on any atom is 0.274 e. The summed E-state index contributed by atoms with van der Waals surface area (Å²) in [4.78, 5) is 17.3. The van der Waals surface area contributed by atoms with Gasteiger partial charge in [-0.15, -0.1) is 0 Å². The quantitative estimate of drug-likeness (QED) is 0.880. The van der Waals surface area contributed by atoms with Crippen LogP contribution in [-0.2, 0) is 16.2 Å². The summed E-state index contributed by atoms with van der Waals surface area (Å²) in [6.07, 6.45) is 1.76. The van der Waals surface area contributed by atoms with Crippen LogP contribution in [0.1, 0.15) is 11.1 Å². The third-order valence-electron chi connectivity index (χ3n) is 3.22. The van der Waals surface area contributed by atoms with Crippen molar-refractivity contribution in [2.24, 2.45) is 0 Å². The number of carbonyl (C=O) groups is 1. The van der Waals surface area contributed by atoms with Gasteiger partial charge in [0.05, 0.1) is 12.2 Å². The van der Waals surface area contributed by atoms with Crippen LogP contribution >= 0.6 is 11.6 Å². The molecule has 1 amide bonds. The molecule has 0 bridgehead atoms. The summed E-state index contributed by atoms with van der Waals surface area (Å²) in [7, 11) is 0. The van der Waals surface area contributed by atoms with Gasteiger partial charge in [0.15, 0.2) is 0 Å². The average molecular weight is 316 g/mol. The number of hydrogen-bond acceptors (Lipinski definition) is 3. The van der Waals surface area contributed by atoms with E-state index in [2.05, 4.69) is 5.48 Å². The summed E-state index contributed by atoms with van der Waals surface area (Å²) in [6, 6.07) is 14.9. The van der Waals surface area contributed by atoms with Gasteiger partial charge in [0, 0.05) is 10.6 Å². The van der Waals surface area contributed by atoms with E-state index in [4.69, 9.17) is 21.2 Å². The lowest BCUT2D eigenvalue weighted by Gasteiger charge is -2.17. The lowest BCUT2D eigenvalue weighted by atomic mass is 10.1. The van der Waals surface area contributed by atoms with Crippen molar-refractivity contribution in [2.75, 3.05) is 6.61 Å². The van der Waals surface area contributed by atoms with Crippen molar-refractivity contribution < 1.29 is 14.4 Å². The molecule has 22 heavy (non-hydrogen) atoms. The molecule has 0 fully saturated rings. The van der Waals surface area contributed by atoms with Crippen LogP contribution in [0.4, 0.5) is 0 Å². The van der Waals surface area contributed by atoms with E-state index in [-0.39, 0.29) is 12.5 Å². The second-order valence-electron chi connectivity index (χ2n) is 4.85. The standard InChI is InChI=1S/C17H14ClNO3/c18-15-6-7-16-13(9-15)8-14(11-21-16)17(20)19-22-10-12-4-2-1-3-5-12/h1-9H,10-11H2,(H,19,20). The summed E-state index contributed by atoms with van der Waals surface area (Å²) in [6.45, 7) is 0.512. The molecule has 2 aromatic carbocycles. The van der Waals surface area contributed by atoms with Gasteiger partial charge in [-0.25, -0.2) is 5.48 Å². The van der Waals surface area contributed by atoms with Crippen molar-refractivity contribution in [3.8, 4) is 5.75 Å². The highest BCUT2D eigenvalue weighted by Gasteiger charge is 2.17. The van der Waals surface area contributed by atoms with E-state index in [1.54, 1.807) is 24.3 Å². The van der Waals surface area contributed by atoms with Crippen LogP contribution in [0.15, 0.2) is 54.1 Å². The number of hydrogen-bond donors (Lipinski definition) is 1. The van der Waals surface area contributed by atoms with E-state index in [0.29, 0.717) is 23.0 Å². The Morgan fingerprint density at radius 3 is 2.86 bits per heavy atom. The highest BCUT2D eigenvalue weighted by atomic mass is 35.5. The van der Waals surface area contributed by atoms with Crippen LogP contribution in [0, 0.1) is 0 Å². The predicted molar refractivity (Wildman–Crippen MR) is 84.3 cm³/mol. The molecule has 0 saturated heterocycles. The SMILES string of the molecule is O=C(NOCc1ccccc1)C1=Cc2cc(Cl)ccc2OC1. The van der Waals surface area contributed by atoms with E-state index in [1.165, 1.54) is 0 Å². The largest absolute Gasteiger partial charge is 0.488 e. The molecule has 0 spiro atoms. The number of rotatable bonds is 4. The summed E-state index contributed by atoms with van der Waals surface area (Å²) in [5.41, 5.74) is 4.68. The molecule has 0 atom stereocenters. The molecule has 1 aliphatic rings. The van der Waals surface area contributed by atoms with Gasteiger partial charge >= 0.3 is 0 Å². The van der Waals surface area contributed by atoms with Gasteiger partial charge in [0.1, 0.15) is 12.4 Å². The van der Waals surface area contributed by atoms with Gasteiger partial charge in [0.25, 0.3) is 5.91 Å². The molecule has 1 heterocycles. The fourth-order valence-electron chi connectivity index (χ4n) is 2.10. The monoisotopic (exact) mass is 315 g/mol. The number of hydroxylamine groups is 1. The maximum atomic E-state index is 12.1. The Kier molecular flexibility index (Phi) is 4.42. The van der Waals surface area contributed by atoms with Crippen LogP contribution in [0.2, 0.25) is 5.02 Å². The first kappa shape index (κ1) is 14.6. The molecular formula is C17H14ClNO3. The Morgan fingerprint density at radius 1 is 1.23 bits per heavy atom. The summed E-state index contributed by atoms with van der Waals surface area (Å²) >= 11 is 5.95. The molecule has 0 radical (unpaired) electrons. The van der Waals surface area contributed by atoms with Gasteiger partial charge in [-0.3, -0.25) is 9.63 Å². The first-order chi connectivity index (χ1) is 10.7. The summed E-state index contributed by atoms with van der Waals surface area (Å²) < 4.78 is 5.53. The minimum Gasteiger partial charge on any atom is -0.488 e. The van der Waals surface area contributed by atoms with E-state index in [9.17, 15) is 4.79 Å². The normalized spacial score (nSPS) is 12.9. The van der Waals surface area contributed by atoms with Crippen molar-refractivity contribution in [1.29, 1.82) is 0 Å². The molecule has 1 aliphatic heterocycles. The highest BCUT2D eigenvalue weighted by molar-refractivity contribution is 6.30. The third kappa shape index (κ3) is 3.47. The molecule has 4 nitrogen and oxygen atoms in total. The number of ether oxygens (including phenoxy) is 1. The lowest BCUT2D eigenvalue weighted by Crippen LogP contribution is -2.28. The first-order valence-electron chi connectivity index (χ1n) is 6.81. The zero-order chi connectivity index (χ0) is 15.4. The van der Waals surface area contributed by atoms with Crippen LogP contribution in [0.25, 0.3) is 6.08 Å². The van der Waals surface area contributed by atoms with Gasteiger partial charge in [-0.1, -0.05) is 41.9 Å². The number of carbonyl (C=O) groups excluding carboxylic acids is 1. The number of fused-ring (bicyclic) bond motifs is 1. The molecule has 5 heteroatoms. The van der Waals surface area contributed by atoms with Crippen molar-refractivity contribution in [3.05, 3.63) is 70.3 Å². The minimum atomic E-state index is -0.318. The lowest BCUT2D eigenvalue weighted by molar-refractivity contribution is -0.130. The van der Waals surface area contributed by atoms with Crippen LogP contribution < -0.4 is 10.2 Å². The fraction of sp³-hybridized carbons (Fsp3) is 0.118. The minimum absolute atomic E-state index is 0.204. The zero-order valence-electron chi connectivity index (χ0n) is 11.7. The van der Waals surface area contributed by atoms with Crippen LogP contribution in [0.3, 0.4) is 0 Å². The van der Waals surface area contributed by atoms with Gasteiger partial charge in [-0.05, 0) is 29.8 Å². The number of benzene rings is 2. The zero-order valence-corrected chi connectivity index (χ0v) is 12.5. The van der Waals surface area contributed by atoms with Gasteiger partial charge in [0.2, 0.25) is 0 Å². The Hall–Kier alpha value is -2.30. The first-order valence-corrected chi connectivity index (χ1v) is 7.19. The van der Waals surface area contributed by atoms with E-state index in [1.807, 2.05) is 30.3 Å². The second kappa shape index (κ2) is 6.64. The molecule has 0 saturated carbocycles. The van der Waals surface area contributed by atoms with Crippen molar-refractivity contribution >= 4 is 23.6 Å². The molecular weight excluding hydrogens is 302 g/mol. The molecule has 112 valence electrons. The fourth-order valence-corrected chi connectivity index (χ4v) is 2.28. The van der Waals surface area contributed by atoms with E-state index >= 15 is 0 Å². The molecule has 0 aromatic heterocycles. The second-order valence-corrected chi connectivity index (χ2v) is 5.28.